The van der Waals surface area contributed by atoms with Gasteiger partial charge in [0.15, 0.2) is 0 Å². The largest absolute Gasteiger partial charge is 0.354 e. The SMILES string of the molecule is CCCCNc1nc(NCC)nc(NOC)n1. The molecule has 17 heavy (non-hydrogen) atoms. The first-order valence-corrected chi connectivity index (χ1v) is 5.83. The van der Waals surface area contributed by atoms with Crippen molar-refractivity contribution < 1.29 is 4.84 Å². The van der Waals surface area contributed by atoms with Gasteiger partial charge in [0.2, 0.25) is 11.9 Å². The van der Waals surface area contributed by atoms with E-state index < -0.39 is 0 Å². The van der Waals surface area contributed by atoms with Crippen LogP contribution in [0.1, 0.15) is 26.7 Å². The lowest BCUT2D eigenvalue weighted by atomic mass is 10.3. The predicted octanol–water partition coefficient (Wildman–Crippen LogP) is 1.49. The quantitative estimate of drug-likeness (QED) is 0.469. The van der Waals surface area contributed by atoms with Gasteiger partial charge in [-0.3, -0.25) is 4.84 Å². The third-order valence-corrected chi connectivity index (χ3v) is 1.98. The Labute approximate surface area is 101 Å². The van der Waals surface area contributed by atoms with Crippen LogP contribution in [0.4, 0.5) is 17.8 Å². The summed E-state index contributed by atoms with van der Waals surface area (Å²) in [6.07, 6.45) is 2.20. The van der Waals surface area contributed by atoms with Gasteiger partial charge in [-0.15, -0.1) is 0 Å². The summed E-state index contributed by atoms with van der Waals surface area (Å²) < 4.78 is 0. The normalized spacial score (nSPS) is 10.1. The van der Waals surface area contributed by atoms with Gasteiger partial charge in [0, 0.05) is 13.1 Å². The summed E-state index contributed by atoms with van der Waals surface area (Å²) >= 11 is 0. The molecule has 1 aromatic rings. The van der Waals surface area contributed by atoms with Crippen molar-refractivity contribution in [2.45, 2.75) is 26.7 Å². The zero-order chi connectivity index (χ0) is 12.5. The van der Waals surface area contributed by atoms with E-state index in [9.17, 15) is 0 Å². The van der Waals surface area contributed by atoms with Crippen LogP contribution in [-0.4, -0.2) is 35.2 Å². The van der Waals surface area contributed by atoms with Gasteiger partial charge >= 0.3 is 0 Å². The molecule has 0 aliphatic carbocycles. The van der Waals surface area contributed by atoms with E-state index in [0.717, 1.165) is 25.9 Å². The molecule has 0 radical (unpaired) electrons. The molecule has 0 atom stereocenters. The Morgan fingerprint density at radius 1 is 1.00 bits per heavy atom. The van der Waals surface area contributed by atoms with Gasteiger partial charge in [0.1, 0.15) is 0 Å². The van der Waals surface area contributed by atoms with Crippen LogP contribution in [-0.2, 0) is 4.84 Å². The first-order valence-electron chi connectivity index (χ1n) is 5.83. The molecule has 0 aliphatic heterocycles. The fraction of sp³-hybridized carbons (Fsp3) is 0.700. The Kier molecular flexibility index (Phi) is 6.02. The maximum Gasteiger partial charge on any atom is 0.253 e. The number of rotatable bonds is 8. The summed E-state index contributed by atoms with van der Waals surface area (Å²) in [5.74, 6) is 1.46. The number of nitrogens with one attached hydrogen (secondary N) is 3. The van der Waals surface area contributed by atoms with Crippen molar-refractivity contribution >= 4 is 17.8 Å². The van der Waals surface area contributed by atoms with Crippen LogP contribution in [0.15, 0.2) is 0 Å². The van der Waals surface area contributed by atoms with Gasteiger partial charge in [0.25, 0.3) is 5.95 Å². The molecule has 0 spiro atoms. The second-order valence-electron chi connectivity index (χ2n) is 3.42. The van der Waals surface area contributed by atoms with Crippen molar-refractivity contribution in [1.82, 2.24) is 15.0 Å². The first-order chi connectivity index (χ1) is 8.30. The molecule has 0 saturated heterocycles. The maximum absolute atomic E-state index is 4.78. The molecule has 0 aliphatic rings. The molecule has 1 rings (SSSR count). The van der Waals surface area contributed by atoms with Crippen molar-refractivity contribution in [3.8, 4) is 0 Å². The Bertz CT molecular complexity index is 308. The van der Waals surface area contributed by atoms with E-state index in [1.165, 1.54) is 7.11 Å². The standard InChI is InChI=1S/C10H20N6O/c1-4-6-7-12-9-13-8(11-5-2)14-10(15-9)16-17-3/h4-7H2,1-3H3,(H3,11,12,13,14,15,16). The van der Waals surface area contributed by atoms with Crippen LogP contribution in [0.2, 0.25) is 0 Å². The van der Waals surface area contributed by atoms with Crippen molar-refractivity contribution in [3.63, 3.8) is 0 Å². The minimum atomic E-state index is 0.387. The number of unbranched alkanes of at least 4 members (excludes halogenated alkanes) is 1. The van der Waals surface area contributed by atoms with Gasteiger partial charge in [-0.2, -0.15) is 15.0 Å². The lowest BCUT2D eigenvalue weighted by Gasteiger charge is -2.09. The Morgan fingerprint density at radius 2 is 1.65 bits per heavy atom. The van der Waals surface area contributed by atoms with E-state index >= 15 is 0 Å². The summed E-state index contributed by atoms with van der Waals surface area (Å²) in [4.78, 5) is 17.3. The molecule has 3 N–H and O–H groups in total. The lowest BCUT2D eigenvalue weighted by Crippen LogP contribution is -2.12. The minimum Gasteiger partial charge on any atom is -0.354 e. The van der Waals surface area contributed by atoms with Crippen LogP contribution in [0.5, 0.6) is 0 Å². The molecule has 0 bridgehead atoms. The molecule has 1 heterocycles. The second kappa shape index (κ2) is 7.61. The van der Waals surface area contributed by atoms with E-state index in [0.29, 0.717) is 17.8 Å². The van der Waals surface area contributed by atoms with Crippen molar-refractivity contribution in [3.05, 3.63) is 0 Å². The van der Waals surface area contributed by atoms with Gasteiger partial charge < -0.3 is 10.6 Å². The van der Waals surface area contributed by atoms with Gasteiger partial charge in [0.05, 0.1) is 7.11 Å². The fourth-order valence-electron chi connectivity index (χ4n) is 1.21. The third-order valence-electron chi connectivity index (χ3n) is 1.98. The minimum absolute atomic E-state index is 0.387. The van der Waals surface area contributed by atoms with E-state index in [2.05, 4.69) is 38.0 Å². The molecule has 0 unspecified atom stereocenters. The smallest absolute Gasteiger partial charge is 0.253 e. The molecule has 7 heteroatoms. The Morgan fingerprint density at radius 3 is 2.24 bits per heavy atom. The van der Waals surface area contributed by atoms with E-state index in [1.807, 2.05) is 6.92 Å². The number of nitrogens with zero attached hydrogens (tertiary/aromatic N) is 3. The summed E-state index contributed by atoms with van der Waals surface area (Å²) in [7, 11) is 1.51. The highest BCUT2D eigenvalue weighted by atomic mass is 16.6. The van der Waals surface area contributed by atoms with Crippen LogP contribution >= 0.6 is 0 Å². The monoisotopic (exact) mass is 240 g/mol. The van der Waals surface area contributed by atoms with Crippen LogP contribution in [0.3, 0.4) is 0 Å². The van der Waals surface area contributed by atoms with Crippen LogP contribution < -0.4 is 16.1 Å². The van der Waals surface area contributed by atoms with Crippen molar-refractivity contribution in [2.75, 3.05) is 36.3 Å². The second-order valence-corrected chi connectivity index (χ2v) is 3.42. The average molecular weight is 240 g/mol. The maximum atomic E-state index is 4.78. The number of hydrogen-bond donors (Lipinski definition) is 3. The topological polar surface area (TPSA) is 84.0 Å². The molecule has 0 aromatic carbocycles. The van der Waals surface area contributed by atoms with Crippen molar-refractivity contribution in [1.29, 1.82) is 0 Å². The average Bonchev–Trinajstić information content (AvgIpc) is 2.30. The fourth-order valence-corrected chi connectivity index (χ4v) is 1.21. The highest BCUT2D eigenvalue weighted by Gasteiger charge is 2.04. The highest BCUT2D eigenvalue weighted by molar-refractivity contribution is 5.41. The molecular weight excluding hydrogens is 220 g/mol. The van der Waals surface area contributed by atoms with E-state index in [1.54, 1.807) is 0 Å². The summed E-state index contributed by atoms with van der Waals surface area (Å²) in [5, 5.41) is 6.18. The molecule has 0 fully saturated rings. The lowest BCUT2D eigenvalue weighted by molar-refractivity contribution is 0.267. The summed E-state index contributed by atoms with van der Waals surface area (Å²) in [6.45, 7) is 5.72. The Hall–Kier alpha value is -1.63. The third kappa shape index (κ3) is 4.81. The van der Waals surface area contributed by atoms with Crippen LogP contribution in [0.25, 0.3) is 0 Å². The van der Waals surface area contributed by atoms with Gasteiger partial charge in [-0.25, -0.2) is 5.48 Å². The summed E-state index contributed by atoms with van der Waals surface area (Å²) in [5.41, 5.74) is 2.59. The molecule has 96 valence electrons. The van der Waals surface area contributed by atoms with Crippen molar-refractivity contribution in [2.24, 2.45) is 0 Å². The van der Waals surface area contributed by atoms with E-state index in [4.69, 9.17) is 4.84 Å². The van der Waals surface area contributed by atoms with E-state index in [-0.39, 0.29) is 0 Å². The molecule has 7 nitrogen and oxygen atoms in total. The number of anilines is 3. The molecule has 1 aromatic heterocycles. The number of aromatic nitrogens is 3. The highest BCUT2D eigenvalue weighted by Crippen LogP contribution is 2.09. The van der Waals surface area contributed by atoms with Gasteiger partial charge in [-0.1, -0.05) is 13.3 Å². The molecule has 0 amide bonds. The zero-order valence-corrected chi connectivity index (χ0v) is 10.6. The zero-order valence-electron chi connectivity index (χ0n) is 10.6. The van der Waals surface area contributed by atoms with Gasteiger partial charge in [-0.05, 0) is 13.3 Å². The Balaban J connectivity index is 2.72. The molecule has 0 saturated carbocycles. The number of hydrogen-bond acceptors (Lipinski definition) is 7. The molecular formula is C10H20N6O. The van der Waals surface area contributed by atoms with Crippen LogP contribution in [0, 0.1) is 0 Å². The predicted molar refractivity (Wildman–Crippen MR) is 68.0 cm³/mol. The first kappa shape index (κ1) is 13.4. The summed E-state index contributed by atoms with van der Waals surface area (Å²) in [6, 6.07) is 0.